The van der Waals surface area contributed by atoms with Crippen molar-refractivity contribution in [1.82, 2.24) is 20.4 Å². The minimum absolute atomic E-state index is 0.332. The fraction of sp³-hybridized carbons (Fsp3) is 0.737. The molecule has 1 aliphatic heterocycles. The van der Waals surface area contributed by atoms with Gasteiger partial charge in [0, 0.05) is 36.6 Å². The van der Waals surface area contributed by atoms with Crippen molar-refractivity contribution < 1.29 is 0 Å². The molecule has 2 N–H and O–H groups in total. The molecule has 0 bridgehead atoms. The van der Waals surface area contributed by atoms with Crippen molar-refractivity contribution in [1.29, 1.82) is 0 Å². The molecule has 1 unspecified atom stereocenters. The van der Waals surface area contributed by atoms with E-state index < -0.39 is 0 Å². The molecule has 0 aromatic carbocycles. The molecule has 2 rings (SSSR count). The second-order valence-corrected chi connectivity index (χ2v) is 8.24. The second-order valence-electron chi connectivity index (χ2n) is 7.26. The maximum absolute atomic E-state index is 4.89. The van der Waals surface area contributed by atoms with Crippen LogP contribution >= 0.6 is 11.3 Å². The molecular weight excluding hydrogens is 330 g/mol. The standard InChI is InChI=1S/C19H35N5S/c1-6-20-19(22-16-9-11-24(12-10-16)15(2)3)21-14-17(23(4)5)18-8-7-13-25-18/h7-8,13,15-17H,6,9-12,14H2,1-5H3,(H2,20,21,22). The first-order valence-electron chi connectivity index (χ1n) is 9.50. The second kappa shape index (κ2) is 10.1. The highest BCUT2D eigenvalue weighted by Gasteiger charge is 2.22. The molecule has 142 valence electrons. The summed E-state index contributed by atoms with van der Waals surface area (Å²) in [5.41, 5.74) is 0. The van der Waals surface area contributed by atoms with Crippen LogP contribution < -0.4 is 10.6 Å². The number of aliphatic imine (C=N–C) groups is 1. The Bertz CT molecular complexity index is 504. The Morgan fingerprint density at radius 1 is 1.36 bits per heavy atom. The molecule has 0 saturated carbocycles. The number of piperidine rings is 1. The number of nitrogens with one attached hydrogen (secondary N) is 2. The Balaban J connectivity index is 1.94. The number of likely N-dealkylation sites (tertiary alicyclic amines) is 1. The van der Waals surface area contributed by atoms with E-state index in [1.54, 1.807) is 11.3 Å². The highest BCUT2D eigenvalue weighted by Crippen LogP contribution is 2.23. The lowest BCUT2D eigenvalue weighted by Crippen LogP contribution is -2.50. The molecule has 5 nitrogen and oxygen atoms in total. The zero-order chi connectivity index (χ0) is 18.2. The van der Waals surface area contributed by atoms with Crippen molar-refractivity contribution >= 4 is 17.3 Å². The van der Waals surface area contributed by atoms with E-state index in [1.807, 2.05) is 0 Å². The van der Waals surface area contributed by atoms with Crippen LogP contribution in [0.15, 0.2) is 22.5 Å². The fourth-order valence-electron chi connectivity index (χ4n) is 3.24. The Morgan fingerprint density at radius 2 is 2.08 bits per heavy atom. The Labute approximate surface area is 157 Å². The van der Waals surface area contributed by atoms with Gasteiger partial charge >= 0.3 is 0 Å². The molecule has 1 aromatic heterocycles. The quantitative estimate of drug-likeness (QED) is 0.576. The van der Waals surface area contributed by atoms with E-state index in [-0.39, 0.29) is 0 Å². The van der Waals surface area contributed by atoms with Crippen molar-refractivity contribution in [2.45, 2.75) is 51.7 Å². The van der Waals surface area contributed by atoms with Crippen molar-refractivity contribution in [3.8, 4) is 0 Å². The lowest BCUT2D eigenvalue weighted by molar-refractivity contribution is 0.167. The van der Waals surface area contributed by atoms with Gasteiger partial charge in [0.05, 0.1) is 12.6 Å². The Hall–Kier alpha value is -1.11. The molecule has 6 heteroatoms. The SMILES string of the molecule is CCNC(=NCC(c1cccs1)N(C)C)NC1CCN(C(C)C)CC1. The van der Waals surface area contributed by atoms with Crippen LogP contribution in [0.2, 0.25) is 0 Å². The minimum atomic E-state index is 0.332. The lowest BCUT2D eigenvalue weighted by Gasteiger charge is -2.35. The summed E-state index contributed by atoms with van der Waals surface area (Å²) in [4.78, 5) is 11.1. The average Bonchev–Trinajstić information content (AvgIpc) is 3.09. The van der Waals surface area contributed by atoms with Gasteiger partial charge in [0.25, 0.3) is 0 Å². The zero-order valence-corrected chi connectivity index (χ0v) is 17.3. The van der Waals surface area contributed by atoms with Crippen molar-refractivity contribution in [3.05, 3.63) is 22.4 Å². The summed E-state index contributed by atoms with van der Waals surface area (Å²) in [7, 11) is 4.25. The van der Waals surface area contributed by atoms with E-state index in [1.165, 1.54) is 30.8 Å². The summed E-state index contributed by atoms with van der Waals surface area (Å²) in [5, 5.41) is 9.21. The van der Waals surface area contributed by atoms with Crippen LogP contribution in [-0.4, -0.2) is 68.1 Å². The first kappa shape index (κ1) is 20.2. The van der Waals surface area contributed by atoms with Crippen LogP contribution in [0.4, 0.5) is 0 Å². The number of likely N-dealkylation sites (N-methyl/N-ethyl adjacent to an activating group) is 1. The first-order valence-corrected chi connectivity index (χ1v) is 10.4. The third-order valence-corrected chi connectivity index (χ3v) is 5.84. The molecule has 1 fully saturated rings. The van der Waals surface area contributed by atoms with Crippen molar-refractivity contribution in [2.75, 3.05) is 40.3 Å². The van der Waals surface area contributed by atoms with Gasteiger partial charge in [-0.2, -0.15) is 0 Å². The van der Waals surface area contributed by atoms with Gasteiger partial charge in [-0.1, -0.05) is 6.07 Å². The third-order valence-electron chi connectivity index (χ3n) is 4.86. The van der Waals surface area contributed by atoms with Crippen LogP contribution in [0.1, 0.15) is 44.5 Å². The summed E-state index contributed by atoms with van der Waals surface area (Å²) < 4.78 is 0. The smallest absolute Gasteiger partial charge is 0.191 e. The van der Waals surface area contributed by atoms with E-state index in [9.17, 15) is 0 Å². The fourth-order valence-corrected chi connectivity index (χ4v) is 4.15. The summed E-state index contributed by atoms with van der Waals surface area (Å²) in [6.45, 7) is 10.7. The van der Waals surface area contributed by atoms with Crippen LogP contribution in [-0.2, 0) is 0 Å². The van der Waals surface area contributed by atoms with Crippen LogP contribution in [0, 0.1) is 0 Å². The van der Waals surface area contributed by atoms with E-state index in [0.717, 1.165) is 19.0 Å². The summed E-state index contributed by atoms with van der Waals surface area (Å²) in [6, 6.07) is 5.82. The molecule has 1 atom stereocenters. The van der Waals surface area contributed by atoms with E-state index in [4.69, 9.17) is 4.99 Å². The molecule has 1 aliphatic rings. The van der Waals surface area contributed by atoms with Crippen molar-refractivity contribution in [2.24, 2.45) is 4.99 Å². The minimum Gasteiger partial charge on any atom is -0.357 e. The molecule has 0 aliphatic carbocycles. The average molecular weight is 366 g/mol. The van der Waals surface area contributed by atoms with Crippen LogP contribution in [0.25, 0.3) is 0 Å². The van der Waals surface area contributed by atoms with Gasteiger partial charge in [-0.15, -0.1) is 11.3 Å². The van der Waals surface area contributed by atoms with Gasteiger partial charge < -0.3 is 20.4 Å². The van der Waals surface area contributed by atoms with Gasteiger partial charge in [0.2, 0.25) is 0 Å². The highest BCUT2D eigenvalue weighted by molar-refractivity contribution is 7.10. The van der Waals surface area contributed by atoms with Gasteiger partial charge in [-0.25, -0.2) is 0 Å². The van der Waals surface area contributed by atoms with Crippen LogP contribution in [0.3, 0.4) is 0 Å². The Kier molecular flexibility index (Phi) is 8.19. The van der Waals surface area contributed by atoms with E-state index >= 15 is 0 Å². The van der Waals surface area contributed by atoms with Gasteiger partial charge in [0.1, 0.15) is 0 Å². The van der Waals surface area contributed by atoms with E-state index in [2.05, 4.69) is 72.8 Å². The molecule has 2 heterocycles. The van der Waals surface area contributed by atoms with Gasteiger partial charge in [-0.05, 0) is 59.2 Å². The zero-order valence-electron chi connectivity index (χ0n) is 16.5. The monoisotopic (exact) mass is 365 g/mol. The highest BCUT2D eigenvalue weighted by atomic mass is 32.1. The number of rotatable bonds is 7. The summed E-state index contributed by atoms with van der Waals surface area (Å²) >= 11 is 1.81. The predicted octanol–water partition coefficient (Wildman–Crippen LogP) is 2.78. The number of nitrogens with zero attached hydrogens (tertiary/aromatic N) is 3. The first-order chi connectivity index (χ1) is 12.0. The Morgan fingerprint density at radius 3 is 2.60 bits per heavy atom. The van der Waals surface area contributed by atoms with Gasteiger partial charge in [-0.3, -0.25) is 4.99 Å². The molecule has 0 spiro atoms. The van der Waals surface area contributed by atoms with Crippen molar-refractivity contribution in [3.63, 3.8) is 0 Å². The van der Waals surface area contributed by atoms with Crippen LogP contribution in [0.5, 0.6) is 0 Å². The molecule has 1 aromatic rings. The molecule has 25 heavy (non-hydrogen) atoms. The van der Waals surface area contributed by atoms with Gasteiger partial charge in [0.15, 0.2) is 5.96 Å². The van der Waals surface area contributed by atoms with E-state index in [0.29, 0.717) is 18.1 Å². The number of thiophene rings is 1. The largest absolute Gasteiger partial charge is 0.357 e. The predicted molar refractivity (Wildman–Crippen MR) is 110 cm³/mol. The number of guanidine groups is 1. The lowest BCUT2D eigenvalue weighted by atomic mass is 10.0. The topological polar surface area (TPSA) is 42.9 Å². The maximum Gasteiger partial charge on any atom is 0.191 e. The normalized spacial score (nSPS) is 18.8. The molecule has 1 saturated heterocycles. The molecular formula is C19H35N5S. The summed E-state index contributed by atoms with van der Waals surface area (Å²) in [5.74, 6) is 0.953. The molecule has 0 amide bonds. The number of hydrogen-bond acceptors (Lipinski definition) is 4. The molecule has 0 radical (unpaired) electrons. The number of hydrogen-bond donors (Lipinski definition) is 2. The third kappa shape index (κ3) is 6.28. The summed E-state index contributed by atoms with van der Waals surface area (Å²) in [6.07, 6.45) is 2.37. The maximum atomic E-state index is 4.89.